The molecule has 1 aromatic carbocycles. The first-order valence-electron chi connectivity index (χ1n) is 13.6. The molecule has 0 aromatic heterocycles. The zero-order chi connectivity index (χ0) is 25.3. The largest absolute Gasteiger partial charge is 0.454 e. The predicted molar refractivity (Wildman–Crippen MR) is 146 cm³/mol. The van der Waals surface area contributed by atoms with Gasteiger partial charge in [-0.15, -0.1) is 0 Å². The Morgan fingerprint density at radius 2 is 1.91 bits per heavy atom. The standard InChI is InChI=1S/C24H36N2O2.C5H11NO/c1-4-7-14-26-17-20(19-9-12-23-24(16-19)28-18-27-23)15-22(26)11-10-21(8-5-2)25-13-6-3;1-2-3-4-6-5-7/h6,9,12-13,16,20,22H,4-5,7-8,10-11,14-15,17-18H2,1-3H3;5H,2-4H2,1H3,(H,6,7)/b13-6-,25-21?;. The monoisotopic (exact) mass is 485 g/mol. The molecule has 0 spiro atoms. The topological polar surface area (TPSA) is 63.2 Å². The van der Waals surface area contributed by atoms with Gasteiger partial charge >= 0.3 is 0 Å². The minimum absolute atomic E-state index is 0.348. The Morgan fingerprint density at radius 1 is 1.11 bits per heavy atom. The van der Waals surface area contributed by atoms with Crippen molar-refractivity contribution in [3.63, 3.8) is 0 Å². The first-order chi connectivity index (χ1) is 17.2. The molecule has 6 nitrogen and oxygen atoms in total. The molecule has 0 bridgehead atoms. The number of nitrogens with zero attached hydrogens (tertiary/aromatic N) is 2. The van der Waals surface area contributed by atoms with Gasteiger partial charge in [-0.2, -0.15) is 0 Å². The summed E-state index contributed by atoms with van der Waals surface area (Å²) in [6.45, 7) is 12.2. The van der Waals surface area contributed by atoms with E-state index in [2.05, 4.69) is 54.2 Å². The lowest BCUT2D eigenvalue weighted by Crippen LogP contribution is -2.31. The summed E-state index contributed by atoms with van der Waals surface area (Å²) in [5.74, 6) is 2.37. The van der Waals surface area contributed by atoms with Gasteiger partial charge in [0.15, 0.2) is 11.5 Å². The van der Waals surface area contributed by atoms with Gasteiger partial charge in [0.2, 0.25) is 13.2 Å². The van der Waals surface area contributed by atoms with Crippen LogP contribution in [0.4, 0.5) is 0 Å². The van der Waals surface area contributed by atoms with Crippen molar-refractivity contribution in [2.45, 2.75) is 97.4 Å². The van der Waals surface area contributed by atoms with Crippen molar-refractivity contribution in [1.29, 1.82) is 0 Å². The SMILES string of the molecule is C/C=C\N=C(CCC)CCC1CC(c2ccc3c(c2)OCO3)CN1CCCC.CCCCNC=O. The highest BCUT2D eigenvalue weighted by molar-refractivity contribution is 5.85. The van der Waals surface area contributed by atoms with E-state index in [-0.39, 0.29) is 0 Å². The lowest BCUT2D eigenvalue weighted by Gasteiger charge is -2.24. The number of likely N-dealkylation sites (tertiary alicyclic amines) is 1. The Morgan fingerprint density at radius 3 is 2.63 bits per heavy atom. The van der Waals surface area contributed by atoms with Crippen molar-refractivity contribution in [3.05, 3.63) is 36.0 Å². The molecule has 2 aliphatic rings. The van der Waals surface area contributed by atoms with Crippen LogP contribution in [-0.4, -0.2) is 49.5 Å². The molecule has 3 rings (SSSR count). The molecule has 1 amide bonds. The molecule has 2 unspecified atom stereocenters. The number of amides is 1. The number of hydrogen-bond acceptors (Lipinski definition) is 5. The fourth-order valence-corrected chi connectivity index (χ4v) is 4.72. The van der Waals surface area contributed by atoms with Gasteiger partial charge in [0.05, 0.1) is 0 Å². The zero-order valence-corrected chi connectivity index (χ0v) is 22.4. The number of hydrogen-bond donors (Lipinski definition) is 1. The maximum Gasteiger partial charge on any atom is 0.231 e. The van der Waals surface area contributed by atoms with Crippen molar-refractivity contribution in [2.24, 2.45) is 4.99 Å². The van der Waals surface area contributed by atoms with Gasteiger partial charge in [-0.05, 0) is 75.6 Å². The number of ether oxygens (including phenoxy) is 2. The van der Waals surface area contributed by atoms with E-state index in [1.807, 2.05) is 19.2 Å². The predicted octanol–water partition coefficient (Wildman–Crippen LogP) is 6.46. The lowest BCUT2D eigenvalue weighted by molar-refractivity contribution is -0.109. The van der Waals surface area contributed by atoms with Crippen LogP contribution < -0.4 is 14.8 Å². The highest BCUT2D eigenvalue weighted by atomic mass is 16.7. The number of fused-ring (bicyclic) bond motifs is 1. The molecule has 1 aromatic rings. The number of benzene rings is 1. The molecule has 2 heterocycles. The molecular weight excluding hydrogens is 438 g/mol. The lowest BCUT2D eigenvalue weighted by atomic mass is 9.94. The summed E-state index contributed by atoms with van der Waals surface area (Å²) >= 11 is 0. The van der Waals surface area contributed by atoms with Crippen LogP contribution in [0.3, 0.4) is 0 Å². The Labute approximate surface area is 213 Å². The number of allylic oxidation sites excluding steroid dienone is 1. The summed E-state index contributed by atoms with van der Waals surface area (Å²) in [6, 6.07) is 7.15. The summed E-state index contributed by atoms with van der Waals surface area (Å²) in [7, 11) is 0. The summed E-state index contributed by atoms with van der Waals surface area (Å²) in [4.78, 5) is 17.0. The molecule has 0 aliphatic carbocycles. The molecule has 0 saturated carbocycles. The Balaban J connectivity index is 0.000000540. The zero-order valence-electron chi connectivity index (χ0n) is 22.4. The molecule has 6 heteroatoms. The molecule has 35 heavy (non-hydrogen) atoms. The van der Waals surface area contributed by atoms with Crippen molar-refractivity contribution in [3.8, 4) is 11.5 Å². The van der Waals surface area contributed by atoms with E-state index in [1.165, 1.54) is 49.9 Å². The number of aliphatic imine (C=N–C) groups is 1. The Bertz CT molecular complexity index is 793. The molecule has 0 radical (unpaired) electrons. The molecule has 196 valence electrons. The molecular formula is C29H47N3O3. The average Bonchev–Trinajstić information content (AvgIpc) is 3.51. The van der Waals surface area contributed by atoms with Crippen LogP contribution >= 0.6 is 0 Å². The summed E-state index contributed by atoms with van der Waals surface area (Å²) < 4.78 is 11.1. The first kappa shape index (κ1) is 28.9. The van der Waals surface area contributed by atoms with Crippen LogP contribution in [0.15, 0.2) is 35.5 Å². The average molecular weight is 486 g/mol. The van der Waals surface area contributed by atoms with E-state index in [9.17, 15) is 4.79 Å². The van der Waals surface area contributed by atoms with Crippen LogP contribution in [0.5, 0.6) is 11.5 Å². The minimum atomic E-state index is 0.348. The van der Waals surface area contributed by atoms with Gasteiger partial charge in [0.25, 0.3) is 0 Å². The number of nitrogens with one attached hydrogen (secondary N) is 1. The highest BCUT2D eigenvalue weighted by Gasteiger charge is 2.33. The van der Waals surface area contributed by atoms with E-state index in [4.69, 9.17) is 9.47 Å². The highest BCUT2D eigenvalue weighted by Crippen LogP contribution is 2.39. The Hall–Kier alpha value is -2.34. The molecule has 1 saturated heterocycles. The molecule has 2 aliphatic heterocycles. The smallest absolute Gasteiger partial charge is 0.231 e. The maximum atomic E-state index is 9.57. The Kier molecular flexibility index (Phi) is 14.2. The van der Waals surface area contributed by atoms with Gasteiger partial charge in [0, 0.05) is 31.0 Å². The van der Waals surface area contributed by atoms with Crippen molar-refractivity contribution in [1.82, 2.24) is 10.2 Å². The third kappa shape index (κ3) is 10.0. The van der Waals surface area contributed by atoms with Crippen LogP contribution in [0, 0.1) is 0 Å². The second-order valence-corrected chi connectivity index (χ2v) is 9.44. The number of carbonyl (C=O) groups excluding carboxylic acids is 1. The van der Waals surface area contributed by atoms with E-state index in [0.29, 0.717) is 18.8 Å². The van der Waals surface area contributed by atoms with Gasteiger partial charge < -0.3 is 14.8 Å². The van der Waals surface area contributed by atoms with E-state index in [1.54, 1.807) is 0 Å². The molecule has 1 fully saturated rings. The van der Waals surface area contributed by atoms with Crippen LogP contribution in [0.1, 0.15) is 97.0 Å². The van der Waals surface area contributed by atoms with Crippen molar-refractivity contribution in [2.75, 3.05) is 26.4 Å². The van der Waals surface area contributed by atoms with Gasteiger partial charge in [-0.25, -0.2) is 0 Å². The minimum Gasteiger partial charge on any atom is -0.454 e. The van der Waals surface area contributed by atoms with Crippen molar-refractivity contribution >= 4 is 12.1 Å². The fourth-order valence-electron chi connectivity index (χ4n) is 4.72. The summed E-state index contributed by atoms with van der Waals surface area (Å²) in [6.07, 6.45) is 15.3. The number of unbranched alkanes of at least 4 members (excludes halogenated alkanes) is 2. The maximum absolute atomic E-state index is 9.57. The van der Waals surface area contributed by atoms with Gasteiger partial charge in [-0.1, -0.05) is 52.2 Å². The molecule has 2 atom stereocenters. The number of carbonyl (C=O) groups is 1. The van der Waals surface area contributed by atoms with Crippen LogP contribution in [-0.2, 0) is 4.79 Å². The fraction of sp³-hybridized carbons (Fsp3) is 0.655. The second kappa shape index (κ2) is 17.1. The van der Waals surface area contributed by atoms with Gasteiger partial charge in [0.1, 0.15) is 0 Å². The van der Waals surface area contributed by atoms with Crippen LogP contribution in [0.25, 0.3) is 0 Å². The first-order valence-corrected chi connectivity index (χ1v) is 13.6. The molecule has 1 N–H and O–H groups in total. The quantitative estimate of drug-likeness (QED) is 0.187. The van der Waals surface area contributed by atoms with Crippen molar-refractivity contribution < 1.29 is 14.3 Å². The third-order valence-electron chi connectivity index (χ3n) is 6.66. The van der Waals surface area contributed by atoms with E-state index >= 15 is 0 Å². The van der Waals surface area contributed by atoms with Crippen LogP contribution in [0.2, 0.25) is 0 Å². The summed E-state index contributed by atoms with van der Waals surface area (Å²) in [5.41, 5.74) is 2.74. The third-order valence-corrected chi connectivity index (χ3v) is 6.66. The van der Waals surface area contributed by atoms with E-state index < -0.39 is 0 Å². The number of rotatable bonds is 14. The second-order valence-electron chi connectivity index (χ2n) is 9.44. The summed E-state index contributed by atoms with van der Waals surface area (Å²) in [5, 5.41) is 2.57. The normalized spacial score (nSPS) is 19.6. The van der Waals surface area contributed by atoms with Gasteiger partial charge in [-0.3, -0.25) is 14.7 Å². The van der Waals surface area contributed by atoms with E-state index in [0.717, 1.165) is 56.7 Å².